The maximum atomic E-state index is 5.66. The molecule has 1 N–H and O–H groups in total. The summed E-state index contributed by atoms with van der Waals surface area (Å²) in [6.07, 6.45) is 1.37. The van der Waals surface area contributed by atoms with E-state index in [1.807, 2.05) is 7.05 Å². The van der Waals surface area contributed by atoms with Crippen LogP contribution in [0.25, 0.3) is 0 Å². The van der Waals surface area contributed by atoms with Gasteiger partial charge in [0.05, 0.1) is 12.7 Å². The summed E-state index contributed by atoms with van der Waals surface area (Å²) in [5.74, 6) is 0.583. The molecule has 1 saturated heterocycles. The van der Waals surface area contributed by atoms with E-state index in [2.05, 4.69) is 26.1 Å². The fourth-order valence-electron chi connectivity index (χ4n) is 2.51. The summed E-state index contributed by atoms with van der Waals surface area (Å²) in [7, 11) is 3.82. The first-order valence-electron chi connectivity index (χ1n) is 5.78. The molecular formula is C12H25NO2. The summed E-state index contributed by atoms with van der Waals surface area (Å²) in [5.41, 5.74) is 0.158. The third-order valence-corrected chi connectivity index (χ3v) is 3.24. The number of rotatable bonds is 4. The highest BCUT2D eigenvalue weighted by Crippen LogP contribution is 2.30. The van der Waals surface area contributed by atoms with Crippen molar-refractivity contribution in [2.45, 2.75) is 39.3 Å². The van der Waals surface area contributed by atoms with Crippen LogP contribution in [0.2, 0.25) is 0 Å². The fourth-order valence-corrected chi connectivity index (χ4v) is 2.51. The van der Waals surface area contributed by atoms with Gasteiger partial charge in [-0.2, -0.15) is 0 Å². The topological polar surface area (TPSA) is 30.5 Å². The second-order valence-corrected chi connectivity index (χ2v) is 5.46. The minimum Gasteiger partial charge on any atom is -0.381 e. The standard InChI is InChI=1S/C12H25NO2/c1-12(2,3)11(14-5)10(13-4)9-6-7-15-8-9/h9-11,13H,6-8H2,1-5H3. The molecule has 0 bridgehead atoms. The van der Waals surface area contributed by atoms with Crippen molar-refractivity contribution in [2.75, 3.05) is 27.4 Å². The molecule has 1 fully saturated rings. The first-order chi connectivity index (χ1) is 7.00. The van der Waals surface area contributed by atoms with Crippen LogP contribution in [0, 0.1) is 11.3 Å². The largest absolute Gasteiger partial charge is 0.381 e. The molecule has 0 aliphatic carbocycles. The average Bonchev–Trinajstić information content (AvgIpc) is 2.64. The van der Waals surface area contributed by atoms with Crippen molar-refractivity contribution in [1.82, 2.24) is 5.32 Å². The molecule has 0 saturated carbocycles. The second-order valence-electron chi connectivity index (χ2n) is 5.46. The quantitative estimate of drug-likeness (QED) is 0.774. The van der Waals surface area contributed by atoms with Crippen molar-refractivity contribution >= 4 is 0 Å². The van der Waals surface area contributed by atoms with Gasteiger partial charge in [0.15, 0.2) is 0 Å². The zero-order valence-corrected chi connectivity index (χ0v) is 10.7. The predicted octanol–water partition coefficient (Wildman–Crippen LogP) is 1.67. The van der Waals surface area contributed by atoms with Crippen molar-refractivity contribution in [3.63, 3.8) is 0 Å². The Hall–Kier alpha value is -0.120. The van der Waals surface area contributed by atoms with Crippen molar-refractivity contribution in [2.24, 2.45) is 11.3 Å². The molecule has 1 aliphatic heterocycles. The van der Waals surface area contributed by atoms with E-state index in [1.54, 1.807) is 7.11 Å². The summed E-state index contributed by atoms with van der Waals surface area (Å²) in [4.78, 5) is 0. The van der Waals surface area contributed by atoms with Gasteiger partial charge in [-0.1, -0.05) is 20.8 Å². The molecule has 1 aliphatic rings. The molecule has 0 amide bonds. The Kier molecular flexibility index (Phi) is 4.56. The van der Waals surface area contributed by atoms with Gasteiger partial charge in [-0.05, 0) is 18.9 Å². The Morgan fingerprint density at radius 1 is 1.40 bits per heavy atom. The van der Waals surface area contributed by atoms with Gasteiger partial charge < -0.3 is 14.8 Å². The Morgan fingerprint density at radius 3 is 2.40 bits per heavy atom. The van der Waals surface area contributed by atoms with E-state index >= 15 is 0 Å². The minimum absolute atomic E-state index is 0.158. The molecule has 3 heteroatoms. The van der Waals surface area contributed by atoms with E-state index in [-0.39, 0.29) is 11.5 Å². The van der Waals surface area contributed by atoms with Crippen molar-refractivity contribution < 1.29 is 9.47 Å². The lowest BCUT2D eigenvalue weighted by Crippen LogP contribution is -2.50. The molecule has 1 rings (SSSR count). The normalized spacial score (nSPS) is 26.6. The summed E-state index contributed by atoms with van der Waals surface area (Å²) in [5, 5.41) is 3.40. The monoisotopic (exact) mass is 215 g/mol. The number of hydrogen-bond donors (Lipinski definition) is 1. The van der Waals surface area contributed by atoms with E-state index in [0.717, 1.165) is 19.6 Å². The molecule has 0 aromatic heterocycles. The Balaban J connectivity index is 2.69. The highest BCUT2D eigenvalue weighted by molar-refractivity contribution is 4.91. The molecule has 3 atom stereocenters. The van der Waals surface area contributed by atoms with Gasteiger partial charge in [0.2, 0.25) is 0 Å². The lowest BCUT2D eigenvalue weighted by Gasteiger charge is -2.38. The van der Waals surface area contributed by atoms with E-state index in [1.165, 1.54) is 0 Å². The smallest absolute Gasteiger partial charge is 0.0775 e. The Labute approximate surface area is 93.5 Å². The molecule has 0 aromatic rings. The summed E-state index contributed by atoms with van der Waals surface area (Å²) < 4.78 is 11.1. The lowest BCUT2D eigenvalue weighted by atomic mass is 9.79. The SMILES string of the molecule is CNC(C1CCOC1)C(OC)C(C)(C)C. The van der Waals surface area contributed by atoms with Crippen molar-refractivity contribution in [1.29, 1.82) is 0 Å². The summed E-state index contributed by atoms with van der Waals surface area (Å²) in [6, 6.07) is 0.387. The fraction of sp³-hybridized carbons (Fsp3) is 1.00. The molecule has 3 unspecified atom stereocenters. The van der Waals surface area contributed by atoms with E-state index in [0.29, 0.717) is 12.0 Å². The minimum atomic E-state index is 0.158. The first-order valence-corrected chi connectivity index (χ1v) is 5.78. The molecule has 90 valence electrons. The van der Waals surface area contributed by atoms with Crippen LogP contribution in [0.5, 0.6) is 0 Å². The van der Waals surface area contributed by atoms with Crippen LogP contribution in [-0.2, 0) is 9.47 Å². The van der Waals surface area contributed by atoms with Crippen LogP contribution in [0.4, 0.5) is 0 Å². The molecule has 0 spiro atoms. The summed E-state index contributed by atoms with van der Waals surface area (Å²) in [6.45, 7) is 8.43. The van der Waals surface area contributed by atoms with E-state index < -0.39 is 0 Å². The maximum absolute atomic E-state index is 5.66. The lowest BCUT2D eigenvalue weighted by molar-refractivity contribution is -0.0254. The summed E-state index contributed by atoms with van der Waals surface area (Å²) >= 11 is 0. The van der Waals surface area contributed by atoms with Gasteiger partial charge in [-0.3, -0.25) is 0 Å². The molecular weight excluding hydrogens is 190 g/mol. The van der Waals surface area contributed by atoms with Gasteiger partial charge in [-0.15, -0.1) is 0 Å². The number of hydrogen-bond acceptors (Lipinski definition) is 3. The number of ether oxygens (including phenoxy) is 2. The van der Waals surface area contributed by atoms with Crippen LogP contribution in [-0.4, -0.2) is 39.5 Å². The van der Waals surface area contributed by atoms with Gasteiger partial charge >= 0.3 is 0 Å². The van der Waals surface area contributed by atoms with Crippen molar-refractivity contribution in [3.8, 4) is 0 Å². The molecule has 15 heavy (non-hydrogen) atoms. The third kappa shape index (κ3) is 3.16. The molecule has 3 nitrogen and oxygen atoms in total. The van der Waals surface area contributed by atoms with Crippen LogP contribution >= 0.6 is 0 Å². The van der Waals surface area contributed by atoms with E-state index in [4.69, 9.17) is 9.47 Å². The highest BCUT2D eigenvalue weighted by atomic mass is 16.5. The first kappa shape index (κ1) is 12.9. The Morgan fingerprint density at radius 2 is 2.07 bits per heavy atom. The second kappa shape index (κ2) is 5.28. The zero-order chi connectivity index (χ0) is 11.5. The van der Waals surface area contributed by atoms with E-state index in [9.17, 15) is 0 Å². The molecule has 1 heterocycles. The van der Waals surface area contributed by atoms with Crippen LogP contribution < -0.4 is 5.32 Å². The number of likely N-dealkylation sites (N-methyl/N-ethyl adjacent to an activating group) is 1. The predicted molar refractivity (Wildman–Crippen MR) is 62.0 cm³/mol. The van der Waals surface area contributed by atoms with Crippen LogP contribution in [0.1, 0.15) is 27.2 Å². The van der Waals surface area contributed by atoms with Gasteiger partial charge in [-0.25, -0.2) is 0 Å². The number of methoxy groups -OCH3 is 1. The van der Waals surface area contributed by atoms with Gasteiger partial charge in [0.25, 0.3) is 0 Å². The molecule has 0 aromatic carbocycles. The molecule has 0 radical (unpaired) electrons. The van der Waals surface area contributed by atoms with Crippen LogP contribution in [0.15, 0.2) is 0 Å². The van der Waals surface area contributed by atoms with Gasteiger partial charge in [0.1, 0.15) is 0 Å². The highest BCUT2D eigenvalue weighted by Gasteiger charge is 2.37. The van der Waals surface area contributed by atoms with Crippen molar-refractivity contribution in [3.05, 3.63) is 0 Å². The maximum Gasteiger partial charge on any atom is 0.0775 e. The van der Waals surface area contributed by atoms with Crippen LogP contribution in [0.3, 0.4) is 0 Å². The number of nitrogens with one attached hydrogen (secondary N) is 1. The third-order valence-electron chi connectivity index (χ3n) is 3.24. The average molecular weight is 215 g/mol. The Bertz CT molecular complexity index is 183. The van der Waals surface area contributed by atoms with Gasteiger partial charge in [0, 0.05) is 25.7 Å². The zero-order valence-electron chi connectivity index (χ0n) is 10.7.